The molecule has 0 aliphatic heterocycles. The van der Waals surface area contributed by atoms with E-state index in [1.165, 1.54) is 0 Å². The maximum Gasteiger partial charge on any atom is 0.241 e. The van der Waals surface area contributed by atoms with Crippen molar-refractivity contribution in [1.82, 2.24) is 24.9 Å². The number of hydrogen-bond acceptors (Lipinski definition) is 4. The van der Waals surface area contributed by atoms with Crippen LogP contribution in [0.5, 0.6) is 0 Å². The minimum absolute atomic E-state index is 0.0634. The van der Waals surface area contributed by atoms with Gasteiger partial charge in [-0.25, -0.2) is 0 Å². The number of aromatic nitrogens is 4. The predicted molar refractivity (Wildman–Crippen MR) is 85.6 cm³/mol. The molecular formula is C15H24N6O. The SMILES string of the molecule is Cc1nn(C)c(C)c1NC(=O)[C@@H](C)N[C@@H](C)Cn1cccn1. The van der Waals surface area contributed by atoms with Crippen LogP contribution in [0.2, 0.25) is 0 Å². The Hall–Kier alpha value is -2.15. The summed E-state index contributed by atoms with van der Waals surface area (Å²) in [6, 6.07) is 1.72. The molecule has 0 spiro atoms. The summed E-state index contributed by atoms with van der Waals surface area (Å²) in [6.07, 6.45) is 3.65. The smallest absolute Gasteiger partial charge is 0.241 e. The van der Waals surface area contributed by atoms with Crippen LogP contribution in [0.15, 0.2) is 18.5 Å². The average Bonchev–Trinajstić information content (AvgIpc) is 3.02. The van der Waals surface area contributed by atoms with E-state index in [0.29, 0.717) is 0 Å². The standard InChI is InChI=1S/C15H24N6O/c1-10(9-21-8-6-7-16-21)17-12(3)15(22)18-14-11(2)19-20(5)13(14)4/h6-8,10,12,17H,9H2,1-5H3,(H,18,22)/t10-,12+/m0/s1. The summed E-state index contributed by atoms with van der Waals surface area (Å²) in [4.78, 5) is 12.3. The predicted octanol–water partition coefficient (Wildman–Crippen LogP) is 1.24. The molecule has 22 heavy (non-hydrogen) atoms. The monoisotopic (exact) mass is 304 g/mol. The summed E-state index contributed by atoms with van der Waals surface area (Å²) < 4.78 is 3.61. The molecule has 7 nitrogen and oxygen atoms in total. The Balaban J connectivity index is 1.91. The molecule has 2 heterocycles. The minimum Gasteiger partial charge on any atom is -0.322 e. The zero-order valence-corrected chi connectivity index (χ0v) is 13.8. The molecule has 0 radical (unpaired) electrons. The van der Waals surface area contributed by atoms with Crippen LogP contribution in [0.1, 0.15) is 25.2 Å². The van der Waals surface area contributed by atoms with E-state index in [0.717, 1.165) is 23.6 Å². The van der Waals surface area contributed by atoms with Gasteiger partial charge in [-0.15, -0.1) is 0 Å². The van der Waals surface area contributed by atoms with E-state index >= 15 is 0 Å². The zero-order chi connectivity index (χ0) is 16.3. The number of anilines is 1. The molecule has 2 rings (SSSR count). The van der Waals surface area contributed by atoms with Gasteiger partial charge in [-0.2, -0.15) is 10.2 Å². The highest BCUT2D eigenvalue weighted by Crippen LogP contribution is 2.18. The van der Waals surface area contributed by atoms with Crippen molar-refractivity contribution in [3.05, 3.63) is 29.8 Å². The van der Waals surface area contributed by atoms with Gasteiger partial charge < -0.3 is 10.6 Å². The van der Waals surface area contributed by atoms with Gasteiger partial charge >= 0.3 is 0 Å². The maximum atomic E-state index is 12.3. The van der Waals surface area contributed by atoms with Crippen LogP contribution in [0.25, 0.3) is 0 Å². The summed E-state index contributed by atoms with van der Waals surface area (Å²) in [5.41, 5.74) is 2.56. The third-order valence-electron chi connectivity index (χ3n) is 3.71. The molecule has 2 aromatic heterocycles. The summed E-state index contributed by atoms with van der Waals surface area (Å²) in [5.74, 6) is -0.0634. The van der Waals surface area contributed by atoms with Gasteiger partial charge in [0.1, 0.15) is 0 Å². The van der Waals surface area contributed by atoms with Crippen molar-refractivity contribution < 1.29 is 4.79 Å². The lowest BCUT2D eigenvalue weighted by molar-refractivity contribution is -0.118. The summed E-state index contributed by atoms with van der Waals surface area (Å²) in [7, 11) is 1.87. The van der Waals surface area contributed by atoms with Gasteiger partial charge in [0.25, 0.3) is 0 Å². The Bertz CT molecular complexity index is 631. The average molecular weight is 304 g/mol. The molecule has 7 heteroatoms. The molecule has 0 saturated heterocycles. The first kappa shape index (κ1) is 16.2. The molecule has 2 aromatic rings. The Morgan fingerprint density at radius 1 is 1.36 bits per heavy atom. The van der Waals surface area contributed by atoms with Crippen molar-refractivity contribution in [1.29, 1.82) is 0 Å². The van der Waals surface area contributed by atoms with Crippen LogP contribution in [-0.4, -0.2) is 37.6 Å². The molecule has 0 aromatic carbocycles. The fraction of sp³-hybridized carbons (Fsp3) is 0.533. The Morgan fingerprint density at radius 2 is 2.09 bits per heavy atom. The largest absolute Gasteiger partial charge is 0.322 e. The van der Waals surface area contributed by atoms with Crippen LogP contribution in [0.4, 0.5) is 5.69 Å². The number of amides is 1. The molecule has 2 N–H and O–H groups in total. The van der Waals surface area contributed by atoms with E-state index < -0.39 is 0 Å². The van der Waals surface area contributed by atoms with Gasteiger partial charge in [0, 0.05) is 25.5 Å². The number of carbonyl (C=O) groups is 1. The highest BCUT2D eigenvalue weighted by Gasteiger charge is 2.19. The molecule has 0 bridgehead atoms. The Labute approximate surface area is 130 Å². The Kier molecular flexibility index (Phi) is 4.97. The fourth-order valence-corrected chi connectivity index (χ4v) is 2.43. The van der Waals surface area contributed by atoms with Crippen molar-refractivity contribution >= 4 is 11.6 Å². The van der Waals surface area contributed by atoms with Crippen LogP contribution < -0.4 is 10.6 Å². The topological polar surface area (TPSA) is 76.8 Å². The summed E-state index contributed by atoms with van der Waals surface area (Å²) in [5, 5.41) is 14.7. The fourth-order valence-electron chi connectivity index (χ4n) is 2.43. The second kappa shape index (κ2) is 6.74. The first-order chi connectivity index (χ1) is 10.4. The van der Waals surface area contributed by atoms with Crippen molar-refractivity contribution in [2.75, 3.05) is 5.32 Å². The number of nitrogens with one attached hydrogen (secondary N) is 2. The van der Waals surface area contributed by atoms with Gasteiger partial charge in [-0.3, -0.25) is 14.2 Å². The zero-order valence-electron chi connectivity index (χ0n) is 13.8. The van der Waals surface area contributed by atoms with E-state index in [1.54, 1.807) is 10.9 Å². The van der Waals surface area contributed by atoms with Crippen molar-refractivity contribution in [2.45, 2.75) is 46.3 Å². The molecule has 0 saturated carbocycles. The first-order valence-corrected chi connectivity index (χ1v) is 7.43. The van der Waals surface area contributed by atoms with Crippen molar-refractivity contribution in [2.24, 2.45) is 7.05 Å². The molecular weight excluding hydrogens is 280 g/mol. The quantitative estimate of drug-likeness (QED) is 0.842. The van der Waals surface area contributed by atoms with E-state index in [9.17, 15) is 4.79 Å². The summed E-state index contributed by atoms with van der Waals surface area (Å²) >= 11 is 0. The summed E-state index contributed by atoms with van der Waals surface area (Å²) in [6.45, 7) is 8.44. The molecule has 0 aliphatic carbocycles. The molecule has 2 atom stereocenters. The lowest BCUT2D eigenvalue weighted by Crippen LogP contribution is -2.44. The van der Waals surface area contributed by atoms with E-state index in [-0.39, 0.29) is 18.0 Å². The van der Waals surface area contributed by atoms with Crippen LogP contribution in [-0.2, 0) is 18.4 Å². The van der Waals surface area contributed by atoms with E-state index in [2.05, 4.69) is 20.8 Å². The van der Waals surface area contributed by atoms with Gasteiger partial charge in [0.15, 0.2) is 0 Å². The van der Waals surface area contributed by atoms with Crippen LogP contribution >= 0.6 is 0 Å². The molecule has 0 fully saturated rings. The molecule has 0 aliphatic rings. The highest BCUT2D eigenvalue weighted by atomic mass is 16.2. The Morgan fingerprint density at radius 3 is 2.64 bits per heavy atom. The van der Waals surface area contributed by atoms with Gasteiger partial charge in [-0.1, -0.05) is 0 Å². The van der Waals surface area contributed by atoms with Crippen molar-refractivity contribution in [3.63, 3.8) is 0 Å². The third kappa shape index (κ3) is 3.73. The van der Waals surface area contributed by atoms with Crippen LogP contribution in [0, 0.1) is 13.8 Å². The number of nitrogens with zero attached hydrogens (tertiary/aromatic N) is 4. The van der Waals surface area contributed by atoms with Crippen molar-refractivity contribution in [3.8, 4) is 0 Å². The number of hydrogen-bond donors (Lipinski definition) is 2. The lowest BCUT2D eigenvalue weighted by Gasteiger charge is -2.19. The van der Waals surface area contributed by atoms with E-state index in [1.807, 2.05) is 51.7 Å². The molecule has 1 amide bonds. The highest BCUT2D eigenvalue weighted by molar-refractivity contribution is 5.95. The van der Waals surface area contributed by atoms with Gasteiger partial charge in [-0.05, 0) is 33.8 Å². The maximum absolute atomic E-state index is 12.3. The van der Waals surface area contributed by atoms with E-state index in [4.69, 9.17) is 0 Å². The normalized spacial score (nSPS) is 13.9. The van der Waals surface area contributed by atoms with Gasteiger partial charge in [0.2, 0.25) is 5.91 Å². The molecule has 0 unspecified atom stereocenters. The second-order valence-corrected chi connectivity index (χ2v) is 5.68. The number of rotatable bonds is 6. The van der Waals surface area contributed by atoms with Crippen LogP contribution in [0.3, 0.4) is 0 Å². The first-order valence-electron chi connectivity index (χ1n) is 7.43. The third-order valence-corrected chi connectivity index (χ3v) is 3.71. The van der Waals surface area contributed by atoms with Gasteiger partial charge in [0.05, 0.1) is 29.7 Å². The minimum atomic E-state index is -0.301. The number of carbonyl (C=O) groups excluding carboxylic acids is 1. The second-order valence-electron chi connectivity index (χ2n) is 5.68. The number of aryl methyl sites for hydroxylation is 2. The lowest BCUT2D eigenvalue weighted by atomic mass is 10.2. The molecule has 120 valence electrons.